The minimum Gasteiger partial charge on any atom is -0.308 e. The Hall–Kier alpha value is -1.59. The topological polar surface area (TPSA) is 41.1 Å². The lowest BCUT2D eigenvalue weighted by Gasteiger charge is -2.11. The van der Waals surface area contributed by atoms with Crippen LogP contribution in [-0.4, -0.2) is 6.03 Å². The summed E-state index contributed by atoms with van der Waals surface area (Å²) in [5, 5.41) is 5.82. The predicted octanol–water partition coefficient (Wildman–Crippen LogP) is 5.19. The van der Waals surface area contributed by atoms with Gasteiger partial charge in [-0.15, -0.1) is 0 Å². The summed E-state index contributed by atoms with van der Waals surface area (Å²) in [6.45, 7) is 1.78. The lowest BCUT2D eigenvalue weighted by molar-refractivity contribution is 0.262. The van der Waals surface area contributed by atoms with Gasteiger partial charge in [0.05, 0.1) is 4.47 Å². The van der Waals surface area contributed by atoms with Crippen LogP contribution in [0.25, 0.3) is 0 Å². The van der Waals surface area contributed by atoms with Gasteiger partial charge in [-0.05, 0) is 64.8 Å². The summed E-state index contributed by atoms with van der Waals surface area (Å²) in [6, 6.07) is 9.11. The first kappa shape index (κ1) is 14.8. The predicted molar refractivity (Wildman–Crippen MR) is 82.9 cm³/mol. The molecule has 20 heavy (non-hydrogen) atoms. The molecule has 0 aliphatic carbocycles. The second kappa shape index (κ2) is 6.24. The van der Waals surface area contributed by atoms with E-state index in [4.69, 9.17) is 11.6 Å². The molecule has 0 heterocycles. The van der Waals surface area contributed by atoms with Gasteiger partial charge in [-0.25, -0.2) is 9.18 Å². The average Bonchev–Trinajstić information content (AvgIpc) is 2.39. The molecule has 0 spiro atoms. The molecular weight excluding hydrogens is 347 g/mol. The highest BCUT2D eigenvalue weighted by Gasteiger charge is 2.08. The van der Waals surface area contributed by atoms with E-state index in [1.807, 2.05) is 0 Å². The summed E-state index contributed by atoms with van der Waals surface area (Å²) in [7, 11) is 0. The largest absolute Gasteiger partial charge is 0.323 e. The fourth-order valence-corrected chi connectivity index (χ4v) is 2.18. The first-order valence-electron chi connectivity index (χ1n) is 5.75. The summed E-state index contributed by atoms with van der Waals surface area (Å²) in [5.74, 6) is -0.433. The highest BCUT2D eigenvalue weighted by atomic mass is 79.9. The van der Waals surface area contributed by atoms with Gasteiger partial charge in [0.25, 0.3) is 0 Å². The van der Waals surface area contributed by atoms with Gasteiger partial charge in [0.1, 0.15) is 5.82 Å². The Morgan fingerprint density at radius 2 is 1.85 bits per heavy atom. The maximum Gasteiger partial charge on any atom is 0.323 e. The van der Waals surface area contributed by atoms with Crippen molar-refractivity contribution in [1.82, 2.24) is 0 Å². The van der Waals surface area contributed by atoms with Crippen molar-refractivity contribution in [2.75, 3.05) is 10.6 Å². The van der Waals surface area contributed by atoms with E-state index < -0.39 is 11.8 Å². The highest BCUT2D eigenvalue weighted by Crippen LogP contribution is 2.24. The maximum atomic E-state index is 13.4. The van der Waals surface area contributed by atoms with E-state index in [2.05, 4.69) is 26.6 Å². The first-order chi connectivity index (χ1) is 9.45. The molecule has 2 aromatic carbocycles. The van der Waals surface area contributed by atoms with Crippen LogP contribution in [0.4, 0.5) is 20.6 Å². The third-order valence-corrected chi connectivity index (χ3v) is 3.48. The Morgan fingerprint density at radius 1 is 1.20 bits per heavy atom. The van der Waals surface area contributed by atoms with Crippen LogP contribution >= 0.6 is 27.5 Å². The van der Waals surface area contributed by atoms with Crippen LogP contribution in [0.15, 0.2) is 40.9 Å². The molecule has 0 fully saturated rings. The molecule has 2 aromatic rings. The van der Waals surface area contributed by atoms with Crippen molar-refractivity contribution in [3.63, 3.8) is 0 Å². The molecule has 0 bridgehead atoms. The van der Waals surface area contributed by atoms with Gasteiger partial charge in [0.2, 0.25) is 0 Å². The zero-order valence-corrected chi connectivity index (χ0v) is 12.8. The van der Waals surface area contributed by atoms with Gasteiger partial charge in [0, 0.05) is 16.4 Å². The van der Waals surface area contributed by atoms with E-state index in [1.165, 1.54) is 6.07 Å². The van der Waals surface area contributed by atoms with Crippen molar-refractivity contribution in [1.29, 1.82) is 0 Å². The van der Waals surface area contributed by atoms with E-state index in [0.717, 1.165) is 5.56 Å². The number of hydrogen-bond donors (Lipinski definition) is 2. The number of carbonyl (C=O) groups excluding carboxylic acids is 1. The fourth-order valence-electron chi connectivity index (χ4n) is 1.60. The number of urea groups is 1. The van der Waals surface area contributed by atoms with Gasteiger partial charge in [0.15, 0.2) is 0 Å². The first-order valence-corrected chi connectivity index (χ1v) is 6.92. The van der Waals surface area contributed by atoms with Crippen molar-refractivity contribution in [3.05, 3.63) is 57.3 Å². The number of benzene rings is 2. The van der Waals surface area contributed by atoms with E-state index in [-0.39, 0.29) is 0 Å². The molecule has 0 aromatic heterocycles. The van der Waals surface area contributed by atoms with Crippen molar-refractivity contribution in [2.45, 2.75) is 6.92 Å². The quantitative estimate of drug-likeness (QED) is 0.762. The Bertz CT molecular complexity index is 646. The summed E-state index contributed by atoms with van der Waals surface area (Å²) >= 11 is 8.85. The zero-order valence-electron chi connectivity index (χ0n) is 10.5. The summed E-state index contributed by atoms with van der Waals surface area (Å²) < 4.78 is 13.8. The number of aryl methyl sites for hydroxylation is 1. The van der Waals surface area contributed by atoms with Crippen LogP contribution in [0, 0.1) is 12.7 Å². The van der Waals surface area contributed by atoms with Crippen LogP contribution in [0.3, 0.4) is 0 Å². The number of rotatable bonds is 2. The lowest BCUT2D eigenvalue weighted by atomic mass is 10.2. The monoisotopic (exact) mass is 356 g/mol. The molecule has 3 nitrogen and oxygen atoms in total. The van der Waals surface area contributed by atoms with Crippen molar-refractivity contribution >= 4 is 44.9 Å². The molecule has 0 atom stereocenters. The Balaban J connectivity index is 2.08. The average molecular weight is 358 g/mol. The number of nitrogens with one attached hydrogen (secondary N) is 2. The SMILES string of the molecule is Cc1cc(Br)c(F)cc1NC(=O)Nc1ccc(Cl)cc1. The van der Waals surface area contributed by atoms with E-state index >= 15 is 0 Å². The summed E-state index contributed by atoms with van der Waals surface area (Å²) in [5.41, 5.74) is 1.77. The van der Waals surface area contributed by atoms with E-state index in [9.17, 15) is 9.18 Å². The fraction of sp³-hybridized carbons (Fsp3) is 0.0714. The van der Waals surface area contributed by atoms with Gasteiger partial charge in [-0.3, -0.25) is 0 Å². The summed E-state index contributed by atoms with van der Waals surface area (Å²) in [6.07, 6.45) is 0. The molecule has 0 saturated carbocycles. The van der Waals surface area contributed by atoms with Gasteiger partial charge >= 0.3 is 6.03 Å². The number of carbonyl (C=O) groups is 1. The smallest absolute Gasteiger partial charge is 0.308 e. The Morgan fingerprint density at radius 3 is 2.50 bits per heavy atom. The van der Waals surface area contributed by atoms with Gasteiger partial charge in [-0.1, -0.05) is 11.6 Å². The van der Waals surface area contributed by atoms with Crippen LogP contribution in [-0.2, 0) is 0 Å². The number of amides is 2. The second-order valence-electron chi connectivity index (χ2n) is 4.17. The Labute approximate surface area is 129 Å². The van der Waals surface area contributed by atoms with Crippen LogP contribution in [0.2, 0.25) is 5.02 Å². The van der Waals surface area contributed by atoms with Crippen molar-refractivity contribution in [2.24, 2.45) is 0 Å². The van der Waals surface area contributed by atoms with Gasteiger partial charge in [-0.2, -0.15) is 0 Å². The van der Waals surface area contributed by atoms with Crippen LogP contribution < -0.4 is 10.6 Å². The van der Waals surface area contributed by atoms with E-state index in [1.54, 1.807) is 37.3 Å². The molecule has 0 saturated heterocycles. The number of anilines is 2. The molecule has 0 aliphatic heterocycles. The minimum absolute atomic E-state index is 0.360. The molecule has 0 unspecified atom stereocenters. The molecule has 0 radical (unpaired) electrons. The molecule has 2 rings (SSSR count). The zero-order chi connectivity index (χ0) is 14.7. The molecule has 2 N–H and O–H groups in total. The molecular formula is C14H11BrClFN2O. The van der Waals surface area contributed by atoms with Crippen LogP contribution in [0.5, 0.6) is 0 Å². The molecule has 2 amide bonds. The summed E-state index contributed by atoms with van der Waals surface area (Å²) in [4.78, 5) is 11.8. The standard InChI is InChI=1S/C14H11BrClFN2O/c1-8-6-11(15)12(17)7-13(8)19-14(20)18-10-4-2-9(16)3-5-10/h2-7H,1H3,(H2,18,19,20). The number of hydrogen-bond acceptors (Lipinski definition) is 1. The lowest BCUT2D eigenvalue weighted by Crippen LogP contribution is -2.20. The van der Waals surface area contributed by atoms with Crippen molar-refractivity contribution in [3.8, 4) is 0 Å². The van der Waals surface area contributed by atoms with Gasteiger partial charge < -0.3 is 10.6 Å². The van der Waals surface area contributed by atoms with E-state index in [0.29, 0.717) is 20.9 Å². The normalized spacial score (nSPS) is 10.2. The number of halogens is 3. The maximum absolute atomic E-state index is 13.4. The minimum atomic E-state index is -0.447. The molecule has 6 heteroatoms. The van der Waals surface area contributed by atoms with Crippen LogP contribution in [0.1, 0.15) is 5.56 Å². The van der Waals surface area contributed by atoms with Crippen molar-refractivity contribution < 1.29 is 9.18 Å². The Kier molecular flexibility index (Phi) is 4.62. The third-order valence-electron chi connectivity index (χ3n) is 2.62. The molecule has 104 valence electrons. The third kappa shape index (κ3) is 3.71. The second-order valence-corrected chi connectivity index (χ2v) is 5.46. The highest BCUT2D eigenvalue weighted by molar-refractivity contribution is 9.10. The molecule has 0 aliphatic rings.